The summed E-state index contributed by atoms with van der Waals surface area (Å²) >= 11 is 5.80. The molecule has 130 valence electrons. The Balaban J connectivity index is 1.45. The third kappa shape index (κ3) is 3.57. The normalized spacial score (nSPS) is 11.0. The molecule has 3 aromatic heterocycles. The van der Waals surface area contributed by atoms with Crippen LogP contribution in [0.2, 0.25) is 5.22 Å². The van der Waals surface area contributed by atoms with Crippen molar-refractivity contribution in [1.29, 1.82) is 0 Å². The molecule has 0 aliphatic carbocycles. The average molecular weight is 367 g/mol. The van der Waals surface area contributed by atoms with Gasteiger partial charge in [-0.3, -0.25) is 0 Å². The minimum Gasteiger partial charge on any atom is -0.449 e. The second kappa shape index (κ2) is 6.97. The molecule has 2 N–H and O–H groups in total. The molecule has 0 aliphatic rings. The summed E-state index contributed by atoms with van der Waals surface area (Å²) in [6, 6.07) is 15.4. The number of hydrogen-bond donors (Lipinski definition) is 1. The summed E-state index contributed by atoms with van der Waals surface area (Å²) in [5.41, 5.74) is 8.72. The minimum atomic E-state index is 0.384. The Morgan fingerprint density at radius 1 is 1.04 bits per heavy atom. The molecule has 3 heterocycles. The Morgan fingerprint density at radius 3 is 2.58 bits per heavy atom. The van der Waals surface area contributed by atoms with Gasteiger partial charge in [0.2, 0.25) is 5.82 Å². The molecule has 7 nitrogen and oxygen atoms in total. The zero-order valence-electron chi connectivity index (χ0n) is 13.7. The molecule has 4 aromatic rings. The van der Waals surface area contributed by atoms with E-state index in [1.807, 2.05) is 36.4 Å². The highest BCUT2D eigenvalue weighted by Crippen LogP contribution is 2.19. The van der Waals surface area contributed by atoms with Crippen molar-refractivity contribution in [3.05, 3.63) is 76.8 Å². The van der Waals surface area contributed by atoms with E-state index in [4.69, 9.17) is 21.8 Å². The van der Waals surface area contributed by atoms with Gasteiger partial charge in [0, 0.05) is 12.6 Å². The molecular formula is C18H15ClN6O. The number of nitrogens with zero attached hydrogens (tertiary/aromatic N) is 5. The zero-order valence-corrected chi connectivity index (χ0v) is 14.5. The van der Waals surface area contributed by atoms with Crippen LogP contribution in [0.25, 0.3) is 11.4 Å². The van der Waals surface area contributed by atoms with E-state index in [1.165, 1.54) is 4.80 Å². The predicted octanol–water partition coefficient (Wildman–Crippen LogP) is 3.20. The van der Waals surface area contributed by atoms with Crippen LogP contribution < -0.4 is 5.73 Å². The maximum Gasteiger partial charge on any atom is 0.208 e. The maximum atomic E-state index is 5.85. The van der Waals surface area contributed by atoms with Crippen molar-refractivity contribution >= 4 is 17.4 Å². The Morgan fingerprint density at radius 2 is 1.85 bits per heavy atom. The molecule has 0 bridgehead atoms. The van der Waals surface area contributed by atoms with Crippen LogP contribution >= 0.6 is 11.6 Å². The number of rotatable bonds is 5. The smallest absolute Gasteiger partial charge is 0.208 e. The number of furan rings is 1. The lowest BCUT2D eigenvalue weighted by Gasteiger charge is -2.03. The van der Waals surface area contributed by atoms with E-state index in [2.05, 4.69) is 20.4 Å². The van der Waals surface area contributed by atoms with Crippen LogP contribution in [0.4, 0.5) is 5.82 Å². The summed E-state index contributed by atoms with van der Waals surface area (Å²) < 4.78 is 5.39. The molecule has 0 atom stereocenters. The molecule has 0 unspecified atom stereocenters. The topological polar surface area (TPSA) is 95.7 Å². The Kier molecular flexibility index (Phi) is 4.37. The quantitative estimate of drug-likeness (QED) is 0.582. The standard InChI is InChI=1S/C18H15ClN6O/c19-16-8-7-14(26-16)10-12-3-5-13(6-4-12)11-25-23-18(22-24-25)15-2-1-9-21-17(15)20/h1-9H,10-11H2,(H2,20,21). The molecule has 0 spiro atoms. The summed E-state index contributed by atoms with van der Waals surface area (Å²) in [6.07, 6.45) is 2.32. The van der Waals surface area contributed by atoms with Crippen molar-refractivity contribution < 1.29 is 4.42 Å². The minimum absolute atomic E-state index is 0.384. The van der Waals surface area contributed by atoms with Crippen LogP contribution in [-0.4, -0.2) is 25.2 Å². The average Bonchev–Trinajstić information content (AvgIpc) is 3.26. The van der Waals surface area contributed by atoms with Gasteiger partial charge in [-0.2, -0.15) is 4.80 Å². The fourth-order valence-electron chi connectivity index (χ4n) is 2.60. The number of nitrogens with two attached hydrogens (primary N) is 1. The van der Waals surface area contributed by atoms with Gasteiger partial charge < -0.3 is 10.2 Å². The number of aromatic nitrogens is 5. The molecule has 0 fully saturated rings. The predicted molar refractivity (Wildman–Crippen MR) is 97.5 cm³/mol. The highest BCUT2D eigenvalue weighted by atomic mass is 35.5. The Labute approximate surface area is 154 Å². The van der Waals surface area contributed by atoms with E-state index in [0.717, 1.165) is 16.9 Å². The second-order valence-corrected chi connectivity index (χ2v) is 6.15. The van der Waals surface area contributed by atoms with Gasteiger partial charge in [-0.1, -0.05) is 24.3 Å². The molecule has 0 saturated carbocycles. The summed E-state index contributed by atoms with van der Waals surface area (Å²) in [5, 5.41) is 12.9. The summed E-state index contributed by atoms with van der Waals surface area (Å²) in [5.74, 6) is 1.68. The molecular weight excluding hydrogens is 352 g/mol. The molecule has 0 amide bonds. The highest BCUT2D eigenvalue weighted by Gasteiger charge is 2.10. The number of hydrogen-bond acceptors (Lipinski definition) is 6. The van der Waals surface area contributed by atoms with Crippen molar-refractivity contribution in [2.75, 3.05) is 5.73 Å². The SMILES string of the molecule is Nc1ncccc1-c1nnn(Cc2ccc(Cc3ccc(Cl)o3)cc2)n1. The molecule has 0 saturated heterocycles. The Bertz CT molecular complexity index is 1020. The Hall–Kier alpha value is -3.19. The number of tetrazole rings is 1. The lowest BCUT2D eigenvalue weighted by Crippen LogP contribution is -2.04. The van der Waals surface area contributed by atoms with Crippen molar-refractivity contribution in [2.24, 2.45) is 0 Å². The maximum absolute atomic E-state index is 5.85. The van der Waals surface area contributed by atoms with Gasteiger partial charge in [0.05, 0.1) is 12.1 Å². The molecule has 8 heteroatoms. The first-order chi connectivity index (χ1) is 12.7. The van der Waals surface area contributed by atoms with Crippen LogP contribution in [0.3, 0.4) is 0 Å². The highest BCUT2D eigenvalue weighted by molar-refractivity contribution is 6.28. The lowest BCUT2D eigenvalue weighted by atomic mass is 10.1. The van der Waals surface area contributed by atoms with Crippen LogP contribution in [0.15, 0.2) is 59.1 Å². The van der Waals surface area contributed by atoms with Crippen molar-refractivity contribution in [1.82, 2.24) is 25.2 Å². The summed E-state index contributed by atoms with van der Waals surface area (Å²) in [7, 11) is 0. The van der Waals surface area contributed by atoms with Gasteiger partial charge in [0.1, 0.15) is 11.6 Å². The van der Waals surface area contributed by atoms with E-state index < -0.39 is 0 Å². The van der Waals surface area contributed by atoms with Crippen LogP contribution in [0.1, 0.15) is 16.9 Å². The first-order valence-electron chi connectivity index (χ1n) is 7.98. The van der Waals surface area contributed by atoms with Crippen molar-refractivity contribution in [3.8, 4) is 11.4 Å². The summed E-state index contributed by atoms with van der Waals surface area (Å²) in [6.45, 7) is 0.514. The van der Waals surface area contributed by atoms with E-state index in [-0.39, 0.29) is 0 Å². The molecule has 0 radical (unpaired) electrons. The third-order valence-corrected chi connectivity index (χ3v) is 4.09. The van der Waals surface area contributed by atoms with E-state index in [9.17, 15) is 0 Å². The monoisotopic (exact) mass is 366 g/mol. The van der Waals surface area contributed by atoms with Crippen LogP contribution in [0, 0.1) is 0 Å². The molecule has 0 aliphatic heterocycles. The third-order valence-electron chi connectivity index (χ3n) is 3.89. The van der Waals surface area contributed by atoms with Gasteiger partial charge in [0.25, 0.3) is 0 Å². The lowest BCUT2D eigenvalue weighted by molar-refractivity contribution is 0.522. The first kappa shape index (κ1) is 16.3. The van der Waals surface area contributed by atoms with Crippen molar-refractivity contribution in [2.45, 2.75) is 13.0 Å². The van der Waals surface area contributed by atoms with Gasteiger partial charge in [0.15, 0.2) is 5.22 Å². The number of halogens is 1. The number of anilines is 1. The first-order valence-corrected chi connectivity index (χ1v) is 8.36. The number of pyridine rings is 1. The van der Waals surface area contributed by atoms with Crippen LogP contribution in [0.5, 0.6) is 0 Å². The largest absolute Gasteiger partial charge is 0.449 e. The molecule has 26 heavy (non-hydrogen) atoms. The van der Waals surface area contributed by atoms with E-state index >= 15 is 0 Å². The van der Waals surface area contributed by atoms with E-state index in [0.29, 0.717) is 35.4 Å². The fraction of sp³-hybridized carbons (Fsp3) is 0.111. The second-order valence-electron chi connectivity index (χ2n) is 5.78. The summed E-state index contributed by atoms with van der Waals surface area (Å²) in [4.78, 5) is 5.57. The molecule has 1 aromatic carbocycles. The van der Waals surface area contributed by atoms with Gasteiger partial charge in [-0.05, 0) is 52.2 Å². The number of benzene rings is 1. The van der Waals surface area contributed by atoms with Crippen molar-refractivity contribution in [3.63, 3.8) is 0 Å². The van der Waals surface area contributed by atoms with Crippen LogP contribution in [-0.2, 0) is 13.0 Å². The van der Waals surface area contributed by atoms with Gasteiger partial charge in [-0.15, -0.1) is 10.2 Å². The molecule has 4 rings (SSSR count). The van der Waals surface area contributed by atoms with Gasteiger partial charge >= 0.3 is 0 Å². The number of nitrogen functional groups attached to an aromatic ring is 1. The van der Waals surface area contributed by atoms with Gasteiger partial charge in [-0.25, -0.2) is 4.98 Å². The van der Waals surface area contributed by atoms with E-state index in [1.54, 1.807) is 18.3 Å². The fourth-order valence-corrected chi connectivity index (χ4v) is 2.76. The zero-order chi connectivity index (χ0) is 17.9.